The first kappa shape index (κ1) is 18.3. The molecule has 2 aliphatic heterocycles. The molecule has 1 N–H and O–H groups in total. The van der Waals surface area contributed by atoms with Gasteiger partial charge in [-0.1, -0.05) is 11.6 Å². The molecule has 0 unspecified atom stereocenters. The zero-order valence-corrected chi connectivity index (χ0v) is 15.9. The zero-order valence-electron chi connectivity index (χ0n) is 15.2. The van der Waals surface area contributed by atoms with Crippen molar-refractivity contribution in [2.75, 3.05) is 31.2 Å². The van der Waals surface area contributed by atoms with Crippen LogP contribution in [0.2, 0.25) is 5.02 Å². The molecule has 2 saturated heterocycles. The van der Waals surface area contributed by atoms with E-state index in [4.69, 9.17) is 16.3 Å². The summed E-state index contributed by atoms with van der Waals surface area (Å²) in [6.07, 6.45) is 10.5. The molecule has 2 fully saturated rings. The zero-order chi connectivity index (χ0) is 18.6. The summed E-state index contributed by atoms with van der Waals surface area (Å²) >= 11 is 6.02. The first-order valence-electron chi connectivity index (χ1n) is 9.48. The van der Waals surface area contributed by atoms with Crippen molar-refractivity contribution in [3.8, 4) is 5.69 Å². The summed E-state index contributed by atoms with van der Waals surface area (Å²) in [4.78, 5) is 19.1. The molecule has 8 heteroatoms. The van der Waals surface area contributed by atoms with E-state index in [1.807, 2.05) is 12.3 Å². The van der Waals surface area contributed by atoms with Crippen molar-refractivity contribution in [1.29, 1.82) is 0 Å². The number of aromatic nitrogens is 3. The van der Waals surface area contributed by atoms with Crippen molar-refractivity contribution < 1.29 is 9.53 Å². The van der Waals surface area contributed by atoms with Gasteiger partial charge in [-0.15, -0.1) is 0 Å². The van der Waals surface area contributed by atoms with Crippen molar-refractivity contribution in [2.45, 2.75) is 31.7 Å². The maximum absolute atomic E-state index is 12.6. The van der Waals surface area contributed by atoms with E-state index >= 15 is 0 Å². The average molecular weight is 390 g/mol. The van der Waals surface area contributed by atoms with E-state index in [2.05, 4.69) is 20.3 Å². The van der Waals surface area contributed by atoms with Crippen LogP contribution in [0.4, 0.5) is 5.69 Å². The smallest absolute Gasteiger partial charge is 0.223 e. The number of hydrogen-bond donors (Lipinski definition) is 1. The fourth-order valence-corrected chi connectivity index (χ4v) is 3.93. The van der Waals surface area contributed by atoms with Crippen LogP contribution >= 0.6 is 11.6 Å². The Morgan fingerprint density at radius 1 is 1.15 bits per heavy atom. The lowest BCUT2D eigenvalue weighted by molar-refractivity contribution is -0.126. The third-order valence-corrected chi connectivity index (χ3v) is 5.54. The number of amides is 1. The summed E-state index contributed by atoms with van der Waals surface area (Å²) in [5, 5.41) is 8.11. The number of pyridine rings is 1. The molecule has 7 nitrogen and oxygen atoms in total. The summed E-state index contributed by atoms with van der Waals surface area (Å²) < 4.78 is 7.13. The summed E-state index contributed by atoms with van der Waals surface area (Å²) in [7, 11) is 0. The molecule has 0 aromatic carbocycles. The Balaban J connectivity index is 1.39. The number of anilines is 1. The fourth-order valence-electron chi connectivity index (χ4n) is 3.79. The second-order valence-electron chi connectivity index (χ2n) is 7.12. The maximum Gasteiger partial charge on any atom is 0.223 e. The van der Waals surface area contributed by atoms with Crippen molar-refractivity contribution in [2.24, 2.45) is 5.92 Å². The molecule has 2 aromatic rings. The second kappa shape index (κ2) is 8.27. The molecule has 0 spiro atoms. The predicted octanol–water partition coefficient (Wildman–Crippen LogP) is 2.43. The van der Waals surface area contributed by atoms with E-state index in [1.165, 1.54) is 0 Å². The molecule has 4 rings (SSSR count). The standard InChI is InChI=1S/C19H24ClN5O2/c20-15-11-22-25(13-15)17-1-6-21-12-18(17)24-7-2-14(3-8-24)19(26)23-16-4-9-27-10-5-16/h1,6,11-14,16H,2-5,7-10H2,(H,23,26). The second-order valence-corrected chi connectivity index (χ2v) is 7.56. The van der Waals surface area contributed by atoms with Gasteiger partial charge < -0.3 is 15.0 Å². The van der Waals surface area contributed by atoms with Crippen LogP contribution in [-0.2, 0) is 9.53 Å². The minimum Gasteiger partial charge on any atom is -0.381 e. The Morgan fingerprint density at radius 3 is 2.63 bits per heavy atom. The van der Waals surface area contributed by atoms with Crippen LogP contribution in [0.5, 0.6) is 0 Å². The van der Waals surface area contributed by atoms with Gasteiger partial charge in [0.25, 0.3) is 0 Å². The molecule has 0 bridgehead atoms. The van der Waals surface area contributed by atoms with Gasteiger partial charge in [-0.2, -0.15) is 5.10 Å². The van der Waals surface area contributed by atoms with Crippen molar-refractivity contribution in [1.82, 2.24) is 20.1 Å². The largest absolute Gasteiger partial charge is 0.381 e. The number of carbonyl (C=O) groups excluding carboxylic acids is 1. The lowest BCUT2D eigenvalue weighted by Gasteiger charge is -2.34. The van der Waals surface area contributed by atoms with Gasteiger partial charge >= 0.3 is 0 Å². The molecule has 144 valence electrons. The number of rotatable bonds is 4. The monoisotopic (exact) mass is 389 g/mol. The number of nitrogens with one attached hydrogen (secondary N) is 1. The van der Waals surface area contributed by atoms with Crippen molar-refractivity contribution in [3.63, 3.8) is 0 Å². The molecule has 1 amide bonds. The van der Waals surface area contributed by atoms with Gasteiger partial charge in [-0.3, -0.25) is 9.78 Å². The normalized spacial score (nSPS) is 19.2. The number of nitrogens with zero attached hydrogens (tertiary/aromatic N) is 4. The molecular formula is C19H24ClN5O2. The first-order chi connectivity index (χ1) is 13.2. The van der Waals surface area contributed by atoms with E-state index in [-0.39, 0.29) is 17.9 Å². The highest BCUT2D eigenvalue weighted by atomic mass is 35.5. The fraction of sp³-hybridized carbons (Fsp3) is 0.526. The SMILES string of the molecule is O=C(NC1CCOCC1)C1CCN(c2cnccc2-n2cc(Cl)cn2)CC1. The third-order valence-electron chi connectivity index (χ3n) is 5.35. The van der Waals surface area contributed by atoms with E-state index in [0.29, 0.717) is 5.02 Å². The van der Waals surface area contributed by atoms with Crippen LogP contribution in [0.3, 0.4) is 0 Å². The Bertz CT molecular complexity index is 782. The first-order valence-corrected chi connectivity index (χ1v) is 9.86. The molecule has 0 atom stereocenters. The quantitative estimate of drug-likeness (QED) is 0.869. The Hall–Kier alpha value is -2.12. The van der Waals surface area contributed by atoms with Gasteiger partial charge in [0.05, 0.1) is 28.8 Å². The van der Waals surface area contributed by atoms with Gasteiger partial charge in [-0.05, 0) is 31.7 Å². The summed E-state index contributed by atoms with van der Waals surface area (Å²) in [5.41, 5.74) is 1.96. The highest BCUT2D eigenvalue weighted by molar-refractivity contribution is 6.30. The Kier molecular flexibility index (Phi) is 5.59. The van der Waals surface area contributed by atoms with E-state index in [9.17, 15) is 4.79 Å². The minimum absolute atomic E-state index is 0.0726. The molecule has 2 aromatic heterocycles. The van der Waals surface area contributed by atoms with Crippen LogP contribution in [0.15, 0.2) is 30.9 Å². The Morgan fingerprint density at radius 2 is 1.93 bits per heavy atom. The molecule has 0 radical (unpaired) electrons. The Labute approximate surface area is 163 Å². The van der Waals surface area contributed by atoms with E-state index in [1.54, 1.807) is 23.3 Å². The van der Waals surface area contributed by atoms with Gasteiger partial charge in [0.15, 0.2) is 0 Å². The molecule has 4 heterocycles. The summed E-state index contributed by atoms with van der Waals surface area (Å²) in [5.74, 6) is 0.259. The number of hydrogen-bond acceptors (Lipinski definition) is 5. The number of halogens is 1. The number of ether oxygens (including phenoxy) is 1. The molecule has 27 heavy (non-hydrogen) atoms. The predicted molar refractivity (Wildman–Crippen MR) is 103 cm³/mol. The maximum atomic E-state index is 12.6. The topological polar surface area (TPSA) is 72.3 Å². The summed E-state index contributed by atoms with van der Waals surface area (Å²) in [6, 6.07) is 2.20. The molecule has 0 aliphatic carbocycles. The van der Waals surface area contributed by atoms with E-state index < -0.39 is 0 Å². The average Bonchev–Trinajstić information content (AvgIpc) is 3.15. The molecule has 2 aliphatic rings. The van der Waals surface area contributed by atoms with E-state index in [0.717, 1.165) is 63.4 Å². The third kappa shape index (κ3) is 4.25. The lowest BCUT2D eigenvalue weighted by atomic mass is 9.94. The van der Waals surface area contributed by atoms with Crippen LogP contribution < -0.4 is 10.2 Å². The van der Waals surface area contributed by atoms with Crippen LogP contribution in [0, 0.1) is 5.92 Å². The highest BCUT2D eigenvalue weighted by Gasteiger charge is 2.28. The van der Waals surface area contributed by atoms with Gasteiger partial charge in [-0.25, -0.2) is 4.68 Å². The number of piperidine rings is 1. The minimum atomic E-state index is 0.0726. The number of carbonyl (C=O) groups is 1. The van der Waals surface area contributed by atoms with Crippen LogP contribution in [-0.4, -0.2) is 53.0 Å². The van der Waals surface area contributed by atoms with Crippen LogP contribution in [0.25, 0.3) is 5.69 Å². The highest BCUT2D eigenvalue weighted by Crippen LogP contribution is 2.28. The molecular weight excluding hydrogens is 366 g/mol. The lowest BCUT2D eigenvalue weighted by Crippen LogP contribution is -2.45. The van der Waals surface area contributed by atoms with Gasteiger partial charge in [0.2, 0.25) is 5.91 Å². The summed E-state index contributed by atoms with van der Waals surface area (Å²) in [6.45, 7) is 3.12. The molecule has 0 saturated carbocycles. The van der Waals surface area contributed by atoms with Crippen molar-refractivity contribution in [3.05, 3.63) is 35.9 Å². The van der Waals surface area contributed by atoms with Gasteiger partial charge in [0.1, 0.15) is 0 Å². The van der Waals surface area contributed by atoms with Crippen LogP contribution in [0.1, 0.15) is 25.7 Å². The van der Waals surface area contributed by atoms with Crippen molar-refractivity contribution >= 4 is 23.2 Å². The van der Waals surface area contributed by atoms with Gasteiger partial charge in [0, 0.05) is 50.7 Å².